The summed E-state index contributed by atoms with van der Waals surface area (Å²) < 4.78 is 0.985. The van der Waals surface area contributed by atoms with E-state index in [4.69, 9.17) is 11.6 Å². The van der Waals surface area contributed by atoms with Crippen LogP contribution in [0.4, 0.5) is 0 Å². The molecule has 0 atom stereocenters. The van der Waals surface area contributed by atoms with Gasteiger partial charge in [-0.3, -0.25) is 4.79 Å². The molecule has 3 aromatic rings. The van der Waals surface area contributed by atoms with Gasteiger partial charge in [-0.15, -0.1) is 23.1 Å². The highest BCUT2D eigenvalue weighted by Crippen LogP contribution is 2.34. The van der Waals surface area contributed by atoms with Gasteiger partial charge >= 0.3 is 0 Å². The van der Waals surface area contributed by atoms with Gasteiger partial charge in [0, 0.05) is 15.0 Å². The number of halogens is 1. The first-order valence-corrected chi connectivity index (χ1v) is 9.25. The molecule has 1 heterocycles. The molecule has 0 aliphatic carbocycles. The molecule has 6 heteroatoms. The molecule has 0 radical (unpaired) electrons. The highest BCUT2D eigenvalue weighted by molar-refractivity contribution is 7.98. The Bertz CT molecular complexity index is 872. The third-order valence-electron chi connectivity index (χ3n) is 3.24. The van der Waals surface area contributed by atoms with Crippen LogP contribution in [-0.2, 0) is 0 Å². The topological polar surface area (TPSA) is 41.5 Å². The predicted molar refractivity (Wildman–Crippen MR) is 100 cm³/mol. The number of nitrogens with one attached hydrogen (secondary N) is 1. The number of rotatable bonds is 4. The fourth-order valence-electron chi connectivity index (χ4n) is 2.07. The van der Waals surface area contributed by atoms with Crippen molar-refractivity contribution in [2.75, 3.05) is 6.26 Å². The minimum absolute atomic E-state index is 0.298. The van der Waals surface area contributed by atoms with Crippen LogP contribution in [0, 0.1) is 0 Å². The van der Waals surface area contributed by atoms with E-state index in [2.05, 4.69) is 10.5 Å². The Labute approximate surface area is 147 Å². The molecular weight excluding hydrogens is 348 g/mol. The summed E-state index contributed by atoms with van der Waals surface area (Å²) in [6, 6.07) is 15.6. The molecule has 0 saturated carbocycles. The number of hydrogen-bond acceptors (Lipinski definition) is 4. The number of hydrazone groups is 1. The van der Waals surface area contributed by atoms with E-state index in [1.165, 1.54) is 16.2 Å². The van der Waals surface area contributed by atoms with Gasteiger partial charge in [0.1, 0.15) is 4.88 Å². The van der Waals surface area contributed by atoms with Crippen molar-refractivity contribution in [1.29, 1.82) is 0 Å². The summed E-state index contributed by atoms with van der Waals surface area (Å²) in [6.07, 6.45) is 3.64. The zero-order chi connectivity index (χ0) is 16.2. The SMILES string of the molecule is CSc1ccc(C=NNC(=O)c2sc3ccccc3c2Cl)cc1. The highest BCUT2D eigenvalue weighted by atomic mass is 35.5. The molecule has 3 nitrogen and oxygen atoms in total. The van der Waals surface area contributed by atoms with Crippen molar-refractivity contribution in [3.8, 4) is 0 Å². The summed E-state index contributed by atoms with van der Waals surface area (Å²) >= 11 is 9.32. The number of fused-ring (bicyclic) bond motifs is 1. The minimum atomic E-state index is -0.298. The Hall–Kier alpha value is -1.82. The molecule has 2 aromatic carbocycles. The monoisotopic (exact) mass is 360 g/mol. The summed E-state index contributed by atoms with van der Waals surface area (Å²) in [5, 5.41) is 5.37. The Morgan fingerprint density at radius 2 is 1.96 bits per heavy atom. The molecule has 1 amide bonds. The maximum absolute atomic E-state index is 12.2. The van der Waals surface area contributed by atoms with Crippen molar-refractivity contribution in [3.63, 3.8) is 0 Å². The summed E-state index contributed by atoms with van der Waals surface area (Å²) in [5.41, 5.74) is 3.45. The van der Waals surface area contributed by atoms with Gasteiger partial charge in [-0.2, -0.15) is 5.10 Å². The van der Waals surface area contributed by atoms with Gasteiger partial charge in [0.25, 0.3) is 5.91 Å². The lowest BCUT2D eigenvalue weighted by atomic mass is 10.2. The Morgan fingerprint density at radius 1 is 1.22 bits per heavy atom. The second kappa shape index (κ2) is 7.17. The van der Waals surface area contributed by atoms with E-state index in [1.807, 2.05) is 54.8 Å². The average Bonchev–Trinajstić information content (AvgIpc) is 2.93. The number of thioether (sulfide) groups is 1. The van der Waals surface area contributed by atoms with Crippen LogP contribution < -0.4 is 5.43 Å². The van der Waals surface area contributed by atoms with Crippen LogP contribution in [0.15, 0.2) is 58.5 Å². The van der Waals surface area contributed by atoms with E-state index in [1.54, 1.807) is 18.0 Å². The van der Waals surface area contributed by atoms with Crippen LogP contribution in [-0.4, -0.2) is 18.4 Å². The summed E-state index contributed by atoms with van der Waals surface area (Å²) in [7, 11) is 0. The van der Waals surface area contributed by atoms with Crippen LogP contribution >= 0.6 is 34.7 Å². The number of amides is 1. The third kappa shape index (κ3) is 3.58. The number of benzene rings is 2. The van der Waals surface area contributed by atoms with E-state index in [-0.39, 0.29) is 5.91 Å². The molecule has 23 heavy (non-hydrogen) atoms. The van der Waals surface area contributed by atoms with E-state index in [9.17, 15) is 4.79 Å². The molecule has 3 rings (SSSR count). The molecule has 0 saturated heterocycles. The van der Waals surface area contributed by atoms with Crippen LogP contribution in [0.25, 0.3) is 10.1 Å². The van der Waals surface area contributed by atoms with E-state index >= 15 is 0 Å². The van der Waals surface area contributed by atoms with Crippen molar-refractivity contribution in [2.24, 2.45) is 5.10 Å². The van der Waals surface area contributed by atoms with Crippen molar-refractivity contribution in [3.05, 3.63) is 64.0 Å². The Kier molecular flexibility index (Phi) is 5.00. The summed E-state index contributed by atoms with van der Waals surface area (Å²) in [6.45, 7) is 0. The molecular formula is C17H13ClN2OS2. The van der Waals surface area contributed by atoms with Gasteiger partial charge in [0.05, 0.1) is 11.2 Å². The molecule has 1 aromatic heterocycles. The van der Waals surface area contributed by atoms with Crippen molar-refractivity contribution < 1.29 is 4.79 Å². The lowest BCUT2D eigenvalue weighted by Crippen LogP contribution is -2.16. The molecule has 0 aliphatic rings. The second-order valence-corrected chi connectivity index (χ2v) is 7.02. The normalized spacial score (nSPS) is 11.2. The van der Waals surface area contributed by atoms with Crippen LogP contribution in [0.5, 0.6) is 0 Å². The smallest absolute Gasteiger partial charge is 0.266 e. The highest BCUT2D eigenvalue weighted by Gasteiger charge is 2.16. The third-order valence-corrected chi connectivity index (χ3v) is 5.65. The van der Waals surface area contributed by atoms with Crippen molar-refractivity contribution >= 4 is 56.9 Å². The van der Waals surface area contributed by atoms with Gasteiger partial charge in [-0.25, -0.2) is 5.43 Å². The van der Waals surface area contributed by atoms with Gasteiger partial charge in [-0.05, 0) is 30.0 Å². The molecule has 0 aliphatic heterocycles. The predicted octanol–water partition coefficient (Wildman–Crippen LogP) is 5.04. The van der Waals surface area contributed by atoms with Crippen molar-refractivity contribution in [1.82, 2.24) is 5.43 Å². The van der Waals surface area contributed by atoms with Gasteiger partial charge in [0.15, 0.2) is 0 Å². The number of carbonyl (C=O) groups is 1. The molecule has 1 N–H and O–H groups in total. The largest absolute Gasteiger partial charge is 0.283 e. The standard InChI is InChI=1S/C17H13ClN2OS2/c1-22-12-8-6-11(7-9-12)10-19-20-17(21)16-15(18)13-4-2-3-5-14(13)23-16/h2-10H,1H3,(H,20,21). The van der Waals surface area contributed by atoms with Crippen molar-refractivity contribution in [2.45, 2.75) is 4.90 Å². The van der Waals surface area contributed by atoms with Gasteiger partial charge < -0.3 is 0 Å². The fourth-order valence-corrected chi connectivity index (χ4v) is 3.88. The average molecular weight is 361 g/mol. The van der Waals surface area contributed by atoms with Crippen LogP contribution in [0.1, 0.15) is 15.2 Å². The van der Waals surface area contributed by atoms with Gasteiger partial charge in [0.2, 0.25) is 0 Å². The molecule has 0 unspecified atom stereocenters. The van der Waals surface area contributed by atoms with Crippen LogP contribution in [0.2, 0.25) is 5.02 Å². The maximum atomic E-state index is 12.2. The molecule has 0 fully saturated rings. The zero-order valence-electron chi connectivity index (χ0n) is 12.2. The summed E-state index contributed by atoms with van der Waals surface area (Å²) in [4.78, 5) is 13.9. The van der Waals surface area contributed by atoms with Crippen LogP contribution in [0.3, 0.4) is 0 Å². The first-order valence-electron chi connectivity index (χ1n) is 6.83. The Balaban J connectivity index is 1.72. The lowest BCUT2D eigenvalue weighted by Gasteiger charge is -1.98. The van der Waals surface area contributed by atoms with Gasteiger partial charge in [-0.1, -0.05) is 41.9 Å². The number of carbonyl (C=O) groups excluding carboxylic acids is 1. The van der Waals surface area contributed by atoms with E-state index in [0.717, 1.165) is 15.6 Å². The molecule has 116 valence electrons. The first kappa shape index (κ1) is 16.1. The number of nitrogens with zero attached hydrogens (tertiary/aromatic N) is 1. The number of hydrogen-bond donors (Lipinski definition) is 1. The quantitative estimate of drug-likeness (QED) is 0.402. The Morgan fingerprint density at radius 3 is 2.65 bits per heavy atom. The lowest BCUT2D eigenvalue weighted by molar-refractivity contribution is 0.0959. The molecule has 0 spiro atoms. The number of thiophene rings is 1. The first-order chi connectivity index (χ1) is 11.2. The second-order valence-electron chi connectivity index (χ2n) is 4.71. The zero-order valence-corrected chi connectivity index (χ0v) is 14.6. The summed E-state index contributed by atoms with van der Waals surface area (Å²) in [5.74, 6) is -0.298. The van der Waals surface area contributed by atoms with E-state index < -0.39 is 0 Å². The fraction of sp³-hybridized carbons (Fsp3) is 0.0588. The minimum Gasteiger partial charge on any atom is -0.266 e. The maximum Gasteiger partial charge on any atom is 0.283 e. The molecule has 0 bridgehead atoms. The van der Waals surface area contributed by atoms with E-state index in [0.29, 0.717) is 9.90 Å².